The molecule has 0 aromatic carbocycles. The van der Waals surface area contributed by atoms with E-state index in [1.807, 2.05) is 39.0 Å². The van der Waals surface area contributed by atoms with Crippen LogP contribution >= 0.6 is 0 Å². The van der Waals surface area contributed by atoms with Crippen LogP contribution in [0.5, 0.6) is 0 Å². The van der Waals surface area contributed by atoms with Gasteiger partial charge in [-0.3, -0.25) is 14.4 Å². The van der Waals surface area contributed by atoms with Gasteiger partial charge in [0.2, 0.25) is 0 Å². The minimum Gasteiger partial charge on any atom is -0.481 e. The van der Waals surface area contributed by atoms with Gasteiger partial charge in [-0.1, -0.05) is 26.5 Å². The zero-order chi connectivity index (χ0) is 32.3. The third-order valence-corrected chi connectivity index (χ3v) is 9.75. The smallest absolute Gasteiger partial charge is 0.323 e. The van der Waals surface area contributed by atoms with Crippen molar-refractivity contribution in [1.82, 2.24) is 20.3 Å². The number of allylic oxidation sites excluding steroid dienone is 2. The van der Waals surface area contributed by atoms with E-state index in [0.29, 0.717) is 28.1 Å². The van der Waals surface area contributed by atoms with Crippen LogP contribution in [0.3, 0.4) is 0 Å². The van der Waals surface area contributed by atoms with Gasteiger partial charge >= 0.3 is 11.9 Å². The van der Waals surface area contributed by atoms with Crippen molar-refractivity contribution < 1.29 is 29.3 Å². The van der Waals surface area contributed by atoms with Crippen molar-refractivity contribution in [2.24, 2.45) is 17.8 Å². The maximum Gasteiger partial charge on any atom is 0.323 e. The van der Waals surface area contributed by atoms with Crippen LogP contribution in [0.25, 0.3) is 29.9 Å². The van der Waals surface area contributed by atoms with Crippen molar-refractivity contribution in [1.29, 1.82) is 0 Å². The number of aliphatic hydroxyl groups is 1. The minimum absolute atomic E-state index is 0.0918. The zero-order valence-corrected chi connectivity index (χ0v) is 26.1. The van der Waals surface area contributed by atoms with Crippen LogP contribution in [0.4, 0.5) is 0 Å². The summed E-state index contributed by atoms with van der Waals surface area (Å²) in [6.07, 6.45) is 8.92. The van der Waals surface area contributed by atoms with Crippen LogP contribution in [0.15, 0.2) is 18.0 Å². The number of carbonyl (C=O) groups excluding carboxylic acids is 2. The van der Waals surface area contributed by atoms with E-state index in [9.17, 15) is 24.6 Å². The molecule has 3 atom stereocenters. The summed E-state index contributed by atoms with van der Waals surface area (Å²) < 4.78 is 5.00. The fraction of sp³-hybridized carbons (Fsp3) is 0.343. The summed E-state index contributed by atoms with van der Waals surface area (Å²) >= 11 is 0. The lowest BCUT2D eigenvalue weighted by Crippen LogP contribution is -2.26. The minimum atomic E-state index is -1.31. The first-order valence-electron chi connectivity index (χ1n) is 15.3. The van der Waals surface area contributed by atoms with Gasteiger partial charge in [0.1, 0.15) is 5.92 Å². The number of aromatic nitrogens is 3. The molecule has 3 aliphatic rings. The first kappa shape index (κ1) is 30.2. The number of hydrogen-bond acceptors (Lipinski definition) is 6. The maximum absolute atomic E-state index is 14.0. The van der Waals surface area contributed by atoms with Crippen molar-refractivity contribution in [3.8, 4) is 0 Å². The highest BCUT2D eigenvalue weighted by molar-refractivity contribution is 6.24. The van der Waals surface area contributed by atoms with E-state index in [-0.39, 0.29) is 24.7 Å². The summed E-state index contributed by atoms with van der Waals surface area (Å²) in [6, 6.07) is 0. The number of carboxylic acid groups (broad SMARTS) is 1. The average molecular weight is 611 g/mol. The second kappa shape index (κ2) is 11.3. The molecule has 3 aromatic heterocycles. The molecule has 0 amide bonds. The number of aromatic amines is 3. The van der Waals surface area contributed by atoms with Crippen LogP contribution in [-0.4, -0.2) is 49.7 Å². The summed E-state index contributed by atoms with van der Waals surface area (Å²) in [5, 5.41) is 24.4. The molecule has 45 heavy (non-hydrogen) atoms. The Hall–Kier alpha value is -4.83. The molecule has 6 N–H and O–H groups in total. The Labute approximate surface area is 260 Å². The molecule has 1 fully saturated rings. The zero-order valence-electron chi connectivity index (χ0n) is 26.1. The molecule has 2 aliphatic heterocycles. The van der Waals surface area contributed by atoms with Crippen molar-refractivity contribution in [3.05, 3.63) is 84.8 Å². The van der Waals surface area contributed by atoms with Crippen molar-refractivity contribution in [2.75, 3.05) is 6.79 Å². The van der Waals surface area contributed by atoms with Gasteiger partial charge < -0.3 is 35.2 Å². The summed E-state index contributed by atoms with van der Waals surface area (Å²) in [5.74, 6) is -4.02. The Morgan fingerprint density at radius 2 is 1.71 bits per heavy atom. The predicted octanol–water partition coefficient (Wildman–Crippen LogP) is 3.55. The van der Waals surface area contributed by atoms with Crippen LogP contribution in [-0.2, 0) is 20.7 Å². The SMILES string of the molecule is C=Cc1c2[nH]c(c1C)/C=C1\N/C(=C3\c4[nH]c(c(C)c4C(=O)[C@@H]3C(=O)OCO)/C=c3\[nH]/c(c(C)c3CC)=C\2)[C@@H](CCC(=O)O)[C@@H]1C. The van der Waals surface area contributed by atoms with Crippen molar-refractivity contribution >= 4 is 47.6 Å². The van der Waals surface area contributed by atoms with E-state index in [1.54, 1.807) is 0 Å². The van der Waals surface area contributed by atoms with Gasteiger partial charge in [-0.2, -0.15) is 0 Å². The number of aliphatic carboxylic acids is 1. The van der Waals surface area contributed by atoms with Crippen LogP contribution < -0.4 is 16.0 Å². The van der Waals surface area contributed by atoms with Crippen LogP contribution in [0.1, 0.15) is 87.6 Å². The average Bonchev–Trinajstić information content (AvgIpc) is 3.73. The molecule has 0 radical (unpaired) electrons. The molecule has 0 saturated carbocycles. The molecule has 1 aliphatic carbocycles. The number of aliphatic hydroxyl groups excluding tert-OH is 1. The lowest BCUT2D eigenvalue weighted by Gasteiger charge is -2.19. The van der Waals surface area contributed by atoms with E-state index in [2.05, 4.69) is 46.8 Å². The Morgan fingerprint density at radius 1 is 1.00 bits per heavy atom. The third-order valence-electron chi connectivity index (χ3n) is 9.75. The highest BCUT2D eigenvalue weighted by Gasteiger charge is 2.48. The third kappa shape index (κ3) is 4.71. The first-order valence-corrected chi connectivity index (χ1v) is 15.3. The van der Waals surface area contributed by atoms with Crippen molar-refractivity contribution in [2.45, 2.75) is 53.9 Å². The summed E-state index contributed by atoms with van der Waals surface area (Å²) in [7, 11) is 0. The van der Waals surface area contributed by atoms with Gasteiger partial charge in [-0.15, -0.1) is 0 Å². The van der Waals surface area contributed by atoms with Gasteiger partial charge in [0, 0.05) is 74.1 Å². The molecule has 1 saturated heterocycles. The maximum atomic E-state index is 14.0. The van der Waals surface area contributed by atoms with Gasteiger partial charge in [-0.25, -0.2) is 0 Å². The number of Topliss-reactive ketones (excluding diaryl/α,β-unsaturated/α-hetero) is 1. The number of rotatable bonds is 7. The molecule has 5 heterocycles. The predicted molar refractivity (Wildman–Crippen MR) is 171 cm³/mol. The molecule has 0 unspecified atom stereocenters. The van der Waals surface area contributed by atoms with E-state index >= 15 is 0 Å². The molecular weight excluding hydrogens is 572 g/mol. The molecule has 10 nitrogen and oxygen atoms in total. The molecule has 8 bridgehead atoms. The Balaban J connectivity index is 1.73. The standard InChI is InChI=1S/C35H38N4O6/c1-7-19-15(3)22-11-24-17(5)21(9-10-28(41)42)32(38-24)30-31(35(44)45-14-40)34(43)29-18(6)25(39-33(29)30)13-27-20(8-2)16(4)23(37-27)12-26(19)36-22/h7,11-13,17,21,31,36-40H,1,8-10,14H2,2-6H3,(H,41,42)/b23-12-,24-11-,27-13-,32-30-/t17-,21-,31+/m0/s1. The molecule has 10 heteroatoms. The number of hydrogen-bond donors (Lipinski definition) is 6. The number of ether oxygens (including phenoxy) is 1. The van der Waals surface area contributed by atoms with E-state index < -0.39 is 30.4 Å². The quantitative estimate of drug-likeness (QED) is 0.136. The number of carbonyl (C=O) groups is 3. The lowest BCUT2D eigenvalue weighted by molar-refractivity contribution is -0.153. The molecule has 0 spiro atoms. The number of nitrogens with one attached hydrogen (secondary N) is 4. The van der Waals surface area contributed by atoms with E-state index in [1.165, 1.54) is 0 Å². The van der Waals surface area contributed by atoms with Gasteiger partial charge in [0.15, 0.2) is 12.6 Å². The van der Waals surface area contributed by atoms with Crippen LogP contribution in [0, 0.1) is 38.5 Å². The lowest BCUT2D eigenvalue weighted by atomic mass is 9.85. The van der Waals surface area contributed by atoms with Gasteiger partial charge in [0.05, 0.1) is 5.69 Å². The number of carboxylic acids is 1. The van der Waals surface area contributed by atoms with Crippen molar-refractivity contribution in [3.63, 3.8) is 0 Å². The second-order valence-electron chi connectivity index (χ2n) is 12.1. The number of fused-ring (bicyclic) bond motifs is 7. The summed E-state index contributed by atoms with van der Waals surface area (Å²) in [5.41, 5.74) is 10.2. The highest BCUT2D eigenvalue weighted by atomic mass is 16.6. The largest absolute Gasteiger partial charge is 0.481 e. The second-order valence-corrected chi connectivity index (χ2v) is 12.1. The monoisotopic (exact) mass is 610 g/mol. The van der Waals surface area contributed by atoms with Gasteiger partial charge in [-0.05, 0) is 74.1 Å². The molecule has 234 valence electrons. The Morgan fingerprint density at radius 3 is 2.38 bits per heavy atom. The molecule has 3 aromatic rings. The number of esters is 1. The van der Waals surface area contributed by atoms with Gasteiger partial charge in [0.25, 0.3) is 0 Å². The van der Waals surface area contributed by atoms with E-state index in [0.717, 1.165) is 62.2 Å². The number of ketones is 1. The normalized spacial score (nSPS) is 24.3. The number of H-pyrrole nitrogens is 3. The fourth-order valence-electron chi connectivity index (χ4n) is 7.31. The highest BCUT2D eigenvalue weighted by Crippen LogP contribution is 2.48. The molecular formula is C35H38N4O6. The topological polar surface area (TPSA) is 160 Å². The summed E-state index contributed by atoms with van der Waals surface area (Å²) in [6.45, 7) is 13.3. The van der Waals surface area contributed by atoms with Crippen LogP contribution in [0.2, 0.25) is 0 Å². The fourth-order valence-corrected chi connectivity index (χ4v) is 7.31. The molecule has 6 rings (SSSR count). The Bertz CT molecular complexity index is 1980. The Kier molecular flexibility index (Phi) is 7.56. The first-order chi connectivity index (χ1) is 21.5. The summed E-state index contributed by atoms with van der Waals surface area (Å²) in [4.78, 5) is 49.7. The van der Waals surface area contributed by atoms with E-state index in [4.69, 9.17) is 4.74 Å².